The number of hydrogen-bond donors (Lipinski definition) is 1. The normalized spacial score (nSPS) is 11.5. The van der Waals surface area contributed by atoms with Crippen LogP contribution >= 0.6 is 0 Å². The van der Waals surface area contributed by atoms with E-state index in [9.17, 15) is 18.0 Å². The van der Waals surface area contributed by atoms with Gasteiger partial charge in [0.2, 0.25) is 0 Å². The van der Waals surface area contributed by atoms with Crippen LogP contribution in [0.15, 0.2) is 47.3 Å². The maximum absolute atomic E-state index is 12.4. The zero-order valence-electron chi connectivity index (χ0n) is 13.6. The van der Waals surface area contributed by atoms with Crippen molar-refractivity contribution in [1.29, 1.82) is 0 Å². The molecular formula is C16H14F3N5O2. The van der Waals surface area contributed by atoms with Gasteiger partial charge in [-0.1, -0.05) is 12.1 Å². The number of nitrogens with two attached hydrogens (primary N) is 1. The third kappa shape index (κ3) is 3.85. The van der Waals surface area contributed by atoms with Gasteiger partial charge in [0.1, 0.15) is 5.75 Å². The zero-order valence-corrected chi connectivity index (χ0v) is 13.6. The Morgan fingerprint density at radius 3 is 2.42 bits per heavy atom. The van der Waals surface area contributed by atoms with Crippen LogP contribution in [0.3, 0.4) is 0 Å². The van der Waals surface area contributed by atoms with Crippen molar-refractivity contribution in [3.05, 3.63) is 64.1 Å². The van der Waals surface area contributed by atoms with Crippen LogP contribution in [0, 0.1) is 6.92 Å². The minimum absolute atomic E-state index is 0.190. The standard InChI is InChI=1S/C16H14F3N5O2/c1-10-8-11(2-7-14(10)20)9-23-15(25)24(22-21-23)12-3-5-13(6-4-12)26-16(17,18)19/h2-8H,9,20H2,1H3. The first-order valence-corrected chi connectivity index (χ1v) is 7.47. The molecule has 0 aliphatic rings. The Kier molecular flexibility index (Phi) is 4.41. The van der Waals surface area contributed by atoms with Gasteiger partial charge in [0.15, 0.2) is 0 Å². The highest BCUT2D eigenvalue weighted by Gasteiger charge is 2.31. The highest BCUT2D eigenvalue weighted by atomic mass is 19.4. The largest absolute Gasteiger partial charge is 0.573 e. The van der Waals surface area contributed by atoms with Crippen LogP contribution in [-0.4, -0.2) is 26.2 Å². The molecule has 0 bridgehead atoms. The number of nitrogen functional groups attached to an aromatic ring is 1. The Bertz CT molecular complexity index is 977. The third-order valence-corrected chi connectivity index (χ3v) is 3.62. The Morgan fingerprint density at radius 2 is 1.81 bits per heavy atom. The van der Waals surface area contributed by atoms with Gasteiger partial charge in [0, 0.05) is 5.69 Å². The van der Waals surface area contributed by atoms with Crippen molar-refractivity contribution in [3.63, 3.8) is 0 Å². The van der Waals surface area contributed by atoms with E-state index in [2.05, 4.69) is 15.2 Å². The van der Waals surface area contributed by atoms with Gasteiger partial charge in [-0.2, -0.15) is 9.36 Å². The number of hydrogen-bond acceptors (Lipinski definition) is 5. The monoisotopic (exact) mass is 365 g/mol. The summed E-state index contributed by atoms with van der Waals surface area (Å²) in [5.74, 6) is -0.390. The molecule has 0 fully saturated rings. The number of benzene rings is 2. The SMILES string of the molecule is Cc1cc(Cn2nnn(-c3ccc(OC(F)(F)F)cc3)c2=O)ccc1N. The highest BCUT2D eigenvalue weighted by molar-refractivity contribution is 5.47. The zero-order chi connectivity index (χ0) is 18.9. The van der Waals surface area contributed by atoms with E-state index in [0.717, 1.165) is 32.6 Å². The molecule has 0 amide bonds. The summed E-state index contributed by atoms with van der Waals surface area (Å²) < 4.78 is 42.5. The molecule has 2 N–H and O–H groups in total. The van der Waals surface area contributed by atoms with E-state index in [0.29, 0.717) is 5.69 Å². The van der Waals surface area contributed by atoms with Crippen molar-refractivity contribution >= 4 is 5.69 Å². The molecule has 0 saturated heterocycles. The number of rotatable bonds is 4. The first-order chi connectivity index (χ1) is 12.2. The summed E-state index contributed by atoms with van der Waals surface area (Å²) in [6, 6.07) is 10.1. The lowest BCUT2D eigenvalue weighted by Crippen LogP contribution is -2.24. The topological polar surface area (TPSA) is 88.0 Å². The van der Waals surface area contributed by atoms with Crippen LogP contribution < -0.4 is 16.2 Å². The van der Waals surface area contributed by atoms with E-state index < -0.39 is 12.1 Å². The first-order valence-electron chi connectivity index (χ1n) is 7.47. The summed E-state index contributed by atoms with van der Waals surface area (Å²) >= 11 is 0. The van der Waals surface area contributed by atoms with Gasteiger partial charge in [-0.05, 0) is 58.8 Å². The van der Waals surface area contributed by atoms with Crippen molar-refractivity contribution in [1.82, 2.24) is 19.8 Å². The summed E-state index contributed by atoms with van der Waals surface area (Å²) in [4.78, 5) is 12.4. The van der Waals surface area contributed by atoms with Gasteiger partial charge in [-0.25, -0.2) is 4.79 Å². The number of aryl methyl sites for hydroxylation is 1. The van der Waals surface area contributed by atoms with Crippen LogP contribution in [0.4, 0.5) is 18.9 Å². The molecule has 3 rings (SSSR count). The van der Waals surface area contributed by atoms with E-state index in [-0.39, 0.29) is 18.0 Å². The third-order valence-electron chi connectivity index (χ3n) is 3.62. The lowest BCUT2D eigenvalue weighted by Gasteiger charge is -2.08. The van der Waals surface area contributed by atoms with Crippen LogP contribution in [0.5, 0.6) is 5.75 Å². The van der Waals surface area contributed by atoms with Crippen LogP contribution in [0.25, 0.3) is 5.69 Å². The van der Waals surface area contributed by atoms with Crippen molar-refractivity contribution in [3.8, 4) is 11.4 Å². The second-order valence-corrected chi connectivity index (χ2v) is 5.56. The Hall–Kier alpha value is -3.30. The van der Waals surface area contributed by atoms with Gasteiger partial charge < -0.3 is 10.5 Å². The van der Waals surface area contributed by atoms with Crippen molar-refractivity contribution < 1.29 is 17.9 Å². The number of aromatic nitrogens is 4. The molecule has 136 valence electrons. The van der Waals surface area contributed by atoms with E-state index >= 15 is 0 Å². The van der Waals surface area contributed by atoms with Crippen molar-refractivity contribution in [2.45, 2.75) is 19.8 Å². The molecule has 0 spiro atoms. The van der Waals surface area contributed by atoms with E-state index in [1.54, 1.807) is 12.1 Å². The van der Waals surface area contributed by atoms with E-state index in [1.165, 1.54) is 12.1 Å². The van der Waals surface area contributed by atoms with Crippen molar-refractivity contribution in [2.75, 3.05) is 5.73 Å². The average Bonchev–Trinajstić information content (AvgIpc) is 2.91. The van der Waals surface area contributed by atoms with Gasteiger partial charge in [0.05, 0.1) is 12.2 Å². The second kappa shape index (κ2) is 6.54. The summed E-state index contributed by atoms with van der Waals surface area (Å²) in [5.41, 5.74) is 7.85. The minimum Gasteiger partial charge on any atom is -0.406 e. The molecule has 7 nitrogen and oxygen atoms in total. The van der Waals surface area contributed by atoms with Crippen LogP contribution in [0.2, 0.25) is 0 Å². The molecule has 0 unspecified atom stereocenters. The molecular weight excluding hydrogens is 351 g/mol. The quantitative estimate of drug-likeness (QED) is 0.717. The predicted molar refractivity (Wildman–Crippen MR) is 87.0 cm³/mol. The van der Waals surface area contributed by atoms with Gasteiger partial charge in [0.25, 0.3) is 0 Å². The minimum atomic E-state index is -4.78. The fourth-order valence-corrected chi connectivity index (χ4v) is 2.33. The summed E-state index contributed by atoms with van der Waals surface area (Å²) in [6.07, 6.45) is -4.78. The number of nitrogens with zero attached hydrogens (tertiary/aromatic N) is 4. The van der Waals surface area contributed by atoms with Gasteiger partial charge in [-0.3, -0.25) is 0 Å². The molecule has 0 aliphatic heterocycles. The molecule has 0 radical (unpaired) electrons. The molecule has 3 aromatic rings. The maximum Gasteiger partial charge on any atom is 0.573 e. The molecule has 2 aromatic carbocycles. The van der Waals surface area contributed by atoms with E-state index in [4.69, 9.17) is 5.73 Å². The Labute approximate surface area is 145 Å². The lowest BCUT2D eigenvalue weighted by atomic mass is 10.1. The number of halogens is 3. The maximum atomic E-state index is 12.4. The Balaban J connectivity index is 1.82. The Morgan fingerprint density at radius 1 is 1.12 bits per heavy atom. The number of alkyl halides is 3. The fourth-order valence-electron chi connectivity index (χ4n) is 2.33. The second-order valence-electron chi connectivity index (χ2n) is 5.56. The van der Waals surface area contributed by atoms with E-state index in [1.807, 2.05) is 13.0 Å². The van der Waals surface area contributed by atoms with Crippen molar-refractivity contribution in [2.24, 2.45) is 0 Å². The number of tetrazole rings is 1. The smallest absolute Gasteiger partial charge is 0.406 e. The summed E-state index contributed by atoms with van der Waals surface area (Å²) in [6.45, 7) is 2.04. The van der Waals surface area contributed by atoms with Crippen LogP contribution in [-0.2, 0) is 6.54 Å². The molecule has 1 heterocycles. The molecule has 1 aromatic heterocycles. The molecule has 10 heteroatoms. The summed E-state index contributed by atoms with van der Waals surface area (Å²) in [5, 5.41) is 7.55. The number of ether oxygens (including phenoxy) is 1. The summed E-state index contributed by atoms with van der Waals surface area (Å²) in [7, 11) is 0. The van der Waals surface area contributed by atoms with Crippen LogP contribution in [0.1, 0.15) is 11.1 Å². The average molecular weight is 365 g/mol. The number of anilines is 1. The molecule has 0 saturated carbocycles. The molecule has 0 aliphatic carbocycles. The van der Waals surface area contributed by atoms with Gasteiger partial charge >= 0.3 is 12.1 Å². The van der Waals surface area contributed by atoms with Gasteiger partial charge in [-0.15, -0.1) is 13.2 Å². The molecule has 0 atom stereocenters. The lowest BCUT2D eigenvalue weighted by molar-refractivity contribution is -0.274. The highest BCUT2D eigenvalue weighted by Crippen LogP contribution is 2.23. The molecule has 26 heavy (non-hydrogen) atoms. The first kappa shape index (κ1) is 17.5. The predicted octanol–water partition coefficient (Wildman–Crippen LogP) is 2.27. The fraction of sp³-hybridized carbons (Fsp3) is 0.188.